The Bertz CT molecular complexity index is 1630. The smallest absolute Gasteiger partial charge is 0.292 e. The Morgan fingerprint density at radius 3 is 2.31 bits per heavy atom. The van der Waals surface area contributed by atoms with Crippen LogP contribution in [0.2, 0.25) is 15.1 Å². The van der Waals surface area contributed by atoms with Gasteiger partial charge < -0.3 is 10.4 Å². The predicted octanol–water partition coefficient (Wildman–Crippen LogP) is 4.84. The molecule has 0 bridgehead atoms. The number of amides is 2. The standard InChI is InChI=1S/C27H20Cl3N5O4/c1-34(22-15-31-35(27(39)23(22)30)19-10-6-3-7-11-19)33-26(38)21(32-25(37)16-8-4-2-5-9-16)13-17-12-18(28)14-20(29)24(17)36/h2-15,36H,1H3,(H,32,37)(H,33,38)/b21-13+. The van der Waals surface area contributed by atoms with E-state index in [2.05, 4.69) is 15.8 Å². The predicted molar refractivity (Wildman–Crippen MR) is 151 cm³/mol. The van der Waals surface area contributed by atoms with Gasteiger partial charge in [-0.2, -0.15) is 9.78 Å². The number of hydrogen-bond acceptors (Lipinski definition) is 6. The number of hydrogen-bond donors (Lipinski definition) is 3. The van der Waals surface area contributed by atoms with Crippen molar-refractivity contribution in [3.05, 3.63) is 121 Å². The number of aromatic nitrogens is 2. The van der Waals surface area contributed by atoms with Crippen molar-refractivity contribution in [1.29, 1.82) is 0 Å². The molecule has 0 aliphatic heterocycles. The Balaban J connectivity index is 1.66. The monoisotopic (exact) mass is 583 g/mol. The highest BCUT2D eigenvalue weighted by atomic mass is 35.5. The second-order valence-electron chi connectivity index (χ2n) is 8.10. The lowest BCUT2D eigenvalue weighted by Crippen LogP contribution is -2.44. The fraction of sp³-hybridized carbons (Fsp3) is 0.0370. The number of carbonyl (C=O) groups excluding carboxylic acids is 2. The van der Waals surface area contributed by atoms with E-state index in [0.717, 1.165) is 4.68 Å². The van der Waals surface area contributed by atoms with Gasteiger partial charge in [-0.05, 0) is 42.5 Å². The van der Waals surface area contributed by atoms with Gasteiger partial charge in [0.05, 0.1) is 16.9 Å². The van der Waals surface area contributed by atoms with Gasteiger partial charge >= 0.3 is 0 Å². The average Bonchev–Trinajstić information content (AvgIpc) is 2.93. The third-order valence-electron chi connectivity index (χ3n) is 5.42. The van der Waals surface area contributed by atoms with E-state index < -0.39 is 17.4 Å². The molecule has 0 saturated heterocycles. The zero-order valence-electron chi connectivity index (χ0n) is 20.2. The molecule has 1 heterocycles. The fourth-order valence-corrected chi connectivity index (χ4v) is 4.24. The zero-order valence-corrected chi connectivity index (χ0v) is 22.5. The first-order chi connectivity index (χ1) is 18.7. The van der Waals surface area contributed by atoms with Crippen molar-refractivity contribution in [1.82, 2.24) is 20.5 Å². The van der Waals surface area contributed by atoms with Crippen LogP contribution in [0.15, 0.2) is 89.5 Å². The van der Waals surface area contributed by atoms with E-state index in [0.29, 0.717) is 5.69 Å². The molecule has 0 aliphatic rings. The highest BCUT2D eigenvalue weighted by Gasteiger charge is 2.20. The molecular formula is C27H20Cl3N5O4. The minimum absolute atomic E-state index is 0.0446. The molecule has 9 nitrogen and oxygen atoms in total. The maximum absolute atomic E-state index is 13.3. The van der Waals surface area contributed by atoms with Crippen LogP contribution in [0.25, 0.3) is 11.8 Å². The molecular weight excluding hydrogens is 565 g/mol. The number of anilines is 1. The van der Waals surface area contributed by atoms with Gasteiger partial charge in [-0.25, -0.2) is 0 Å². The van der Waals surface area contributed by atoms with Gasteiger partial charge in [-0.3, -0.25) is 24.8 Å². The molecule has 0 fully saturated rings. The summed E-state index contributed by atoms with van der Waals surface area (Å²) >= 11 is 18.4. The van der Waals surface area contributed by atoms with E-state index in [1.807, 2.05) is 0 Å². The summed E-state index contributed by atoms with van der Waals surface area (Å²) in [7, 11) is 1.44. The van der Waals surface area contributed by atoms with Gasteiger partial charge in [0.2, 0.25) is 0 Å². The lowest BCUT2D eigenvalue weighted by atomic mass is 10.1. The van der Waals surface area contributed by atoms with Crippen molar-refractivity contribution < 1.29 is 14.7 Å². The number of phenolic OH excluding ortho intramolecular Hbond substituents is 1. The second kappa shape index (κ2) is 12.0. The van der Waals surface area contributed by atoms with Crippen LogP contribution >= 0.6 is 34.8 Å². The van der Waals surface area contributed by atoms with Crippen molar-refractivity contribution in [3.63, 3.8) is 0 Å². The molecule has 39 heavy (non-hydrogen) atoms. The number of nitrogens with zero attached hydrogens (tertiary/aromatic N) is 3. The Morgan fingerprint density at radius 2 is 1.64 bits per heavy atom. The number of hydrazine groups is 1. The summed E-state index contributed by atoms with van der Waals surface area (Å²) in [4.78, 5) is 39.1. The van der Waals surface area contributed by atoms with Crippen LogP contribution in [0, 0.1) is 0 Å². The van der Waals surface area contributed by atoms with E-state index in [1.54, 1.807) is 60.7 Å². The summed E-state index contributed by atoms with van der Waals surface area (Å²) < 4.78 is 1.12. The van der Waals surface area contributed by atoms with Gasteiger partial charge in [0, 0.05) is 23.2 Å². The first-order valence-corrected chi connectivity index (χ1v) is 12.4. The van der Waals surface area contributed by atoms with Gasteiger partial charge in [-0.1, -0.05) is 71.2 Å². The quantitative estimate of drug-likeness (QED) is 0.212. The SMILES string of the molecule is CN(NC(=O)/C(=C\c1cc(Cl)cc(Cl)c1O)NC(=O)c1ccccc1)c1cnn(-c2ccccc2)c(=O)c1Cl. The van der Waals surface area contributed by atoms with E-state index >= 15 is 0 Å². The molecule has 198 valence electrons. The fourth-order valence-electron chi connectivity index (χ4n) is 3.48. The number of phenols is 1. The van der Waals surface area contributed by atoms with Crippen molar-refractivity contribution in [2.24, 2.45) is 0 Å². The number of carbonyl (C=O) groups is 2. The van der Waals surface area contributed by atoms with Crippen LogP contribution in [-0.2, 0) is 4.79 Å². The second-order valence-corrected chi connectivity index (χ2v) is 9.32. The minimum Gasteiger partial charge on any atom is -0.506 e. The summed E-state index contributed by atoms with van der Waals surface area (Å²) in [6.45, 7) is 0. The van der Waals surface area contributed by atoms with Crippen LogP contribution in [0.1, 0.15) is 15.9 Å². The molecule has 12 heteroatoms. The highest BCUT2D eigenvalue weighted by molar-refractivity contribution is 6.36. The minimum atomic E-state index is -0.805. The first-order valence-electron chi connectivity index (χ1n) is 11.3. The molecule has 2 amide bonds. The van der Waals surface area contributed by atoms with E-state index in [1.165, 1.54) is 36.5 Å². The van der Waals surface area contributed by atoms with Gasteiger partial charge in [0.1, 0.15) is 22.2 Å². The summed E-state index contributed by atoms with van der Waals surface area (Å²) in [5.74, 6) is -1.73. The average molecular weight is 585 g/mol. The number of benzene rings is 3. The van der Waals surface area contributed by atoms with Crippen LogP contribution in [0.3, 0.4) is 0 Å². The summed E-state index contributed by atoms with van der Waals surface area (Å²) in [5, 5.41) is 18.2. The molecule has 0 saturated carbocycles. The summed E-state index contributed by atoms with van der Waals surface area (Å²) in [6.07, 6.45) is 2.52. The third kappa shape index (κ3) is 6.40. The molecule has 0 spiro atoms. The van der Waals surface area contributed by atoms with E-state index in [-0.39, 0.29) is 43.3 Å². The number of nitrogens with one attached hydrogen (secondary N) is 2. The molecule has 4 aromatic rings. The molecule has 0 unspecified atom stereocenters. The Labute approximate surface area is 237 Å². The number of halogens is 3. The Morgan fingerprint density at radius 1 is 1.00 bits per heavy atom. The highest BCUT2D eigenvalue weighted by Crippen LogP contribution is 2.32. The van der Waals surface area contributed by atoms with Crippen molar-refractivity contribution in [2.75, 3.05) is 12.1 Å². The van der Waals surface area contributed by atoms with Gasteiger partial charge in [0.25, 0.3) is 17.4 Å². The van der Waals surface area contributed by atoms with Crippen LogP contribution in [-0.4, -0.2) is 33.7 Å². The Kier molecular flexibility index (Phi) is 8.55. The summed E-state index contributed by atoms with van der Waals surface area (Å²) in [5.41, 5.74) is 2.66. The maximum atomic E-state index is 13.3. The third-order valence-corrected chi connectivity index (χ3v) is 6.28. The normalized spacial score (nSPS) is 11.1. The summed E-state index contributed by atoms with van der Waals surface area (Å²) in [6, 6.07) is 19.6. The molecule has 3 N–H and O–H groups in total. The molecule has 4 rings (SSSR count). The number of para-hydroxylation sites is 1. The number of rotatable bonds is 7. The molecule has 0 atom stereocenters. The van der Waals surface area contributed by atoms with E-state index in [4.69, 9.17) is 34.8 Å². The van der Waals surface area contributed by atoms with Crippen molar-refractivity contribution >= 4 is 58.4 Å². The van der Waals surface area contributed by atoms with E-state index in [9.17, 15) is 19.5 Å². The number of aromatic hydroxyl groups is 1. The van der Waals surface area contributed by atoms with Crippen LogP contribution in [0.5, 0.6) is 5.75 Å². The van der Waals surface area contributed by atoms with Crippen LogP contribution in [0.4, 0.5) is 5.69 Å². The largest absolute Gasteiger partial charge is 0.506 e. The molecule has 1 aromatic heterocycles. The van der Waals surface area contributed by atoms with Crippen LogP contribution < -0.4 is 21.3 Å². The topological polar surface area (TPSA) is 117 Å². The first kappa shape index (κ1) is 27.7. The molecule has 0 aliphatic carbocycles. The molecule has 3 aromatic carbocycles. The van der Waals surface area contributed by atoms with Crippen molar-refractivity contribution in [2.45, 2.75) is 0 Å². The Hall–Kier alpha value is -4.31. The zero-order chi connectivity index (χ0) is 28.1. The maximum Gasteiger partial charge on any atom is 0.292 e. The van der Waals surface area contributed by atoms with Gasteiger partial charge in [0.15, 0.2) is 0 Å². The lowest BCUT2D eigenvalue weighted by molar-refractivity contribution is -0.117. The van der Waals surface area contributed by atoms with Gasteiger partial charge in [-0.15, -0.1) is 0 Å². The van der Waals surface area contributed by atoms with Crippen molar-refractivity contribution in [3.8, 4) is 11.4 Å². The molecule has 0 radical (unpaired) electrons. The lowest BCUT2D eigenvalue weighted by Gasteiger charge is -2.22.